The fourth-order valence-corrected chi connectivity index (χ4v) is 1.97. The molecule has 4 nitrogen and oxygen atoms in total. The molecule has 1 amide bonds. The highest BCUT2D eigenvalue weighted by atomic mass is 127. The van der Waals surface area contributed by atoms with E-state index in [9.17, 15) is 4.79 Å². The van der Waals surface area contributed by atoms with Gasteiger partial charge in [-0.3, -0.25) is 9.78 Å². The van der Waals surface area contributed by atoms with E-state index in [4.69, 9.17) is 4.74 Å². The summed E-state index contributed by atoms with van der Waals surface area (Å²) in [6, 6.07) is 11.1. The van der Waals surface area contributed by atoms with E-state index in [1.165, 1.54) is 4.90 Å². The summed E-state index contributed by atoms with van der Waals surface area (Å²) in [7, 11) is 3.38. The molecular formula is C14H13IN2O2. The number of carbonyl (C=O) groups excluding carboxylic acids is 1. The van der Waals surface area contributed by atoms with Gasteiger partial charge in [-0.05, 0) is 40.8 Å². The molecule has 0 fully saturated rings. The van der Waals surface area contributed by atoms with Gasteiger partial charge in [0, 0.05) is 26.4 Å². The van der Waals surface area contributed by atoms with Gasteiger partial charge in [0.25, 0.3) is 5.91 Å². The highest BCUT2D eigenvalue weighted by molar-refractivity contribution is 14.1. The Morgan fingerprint density at radius 3 is 2.68 bits per heavy atom. The molecule has 0 bridgehead atoms. The van der Waals surface area contributed by atoms with Crippen LogP contribution < -0.4 is 4.74 Å². The number of rotatable bonds is 3. The van der Waals surface area contributed by atoms with Crippen LogP contribution in [0.1, 0.15) is 10.5 Å². The Labute approximate surface area is 125 Å². The first kappa shape index (κ1) is 13.8. The number of pyridine rings is 1. The van der Waals surface area contributed by atoms with Crippen LogP contribution in [0, 0.1) is 3.57 Å². The molecule has 1 aromatic heterocycles. The quantitative estimate of drug-likeness (QED) is 0.782. The molecular weight excluding hydrogens is 355 g/mol. The van der Waals surface area contributed by atoms with Crippen LogP contribution in [0.4, 0.5) is 0 Å². The van der Waals surface area contributed by atoms with Gasteiger partial charge in [0.15, 0.2) is 0 Å². The van der Waals surface area contributed by atoms with E-state index in [0.29, 0.717) is 11.4 Å². The first-order chi connectivity index (χ1) is 9.08. The lowest BCUT2D eigenvalue weighted by Gasteiger charge is -2.11. The molecule has 1 aromatic carbocycles. The summed E-state index contributed by atoms with van der Waals surface area (Å²) in [5.74, 6) is 1.22. The molecule has 0 N–H and O–H groups in total. The van der Waals surface area contributed by atoms with Crippen molar-refractivity contribution in [2.24, 2.45) is 0 Å². The zero-order valence-corrected chi connectivity index (χ0v) is 12.8. The van der Waals surface area contributed by atoms with Crippen LogP contribution in [-0.4, -0.2) is 29.9 Å². The number of halogens is 1. The summed E-state index contributed by atoms with van der Waals surface area (Å²) in [4.78, 5) is 17.4. The number of ether oxygens (including phenoxy) is 1. The Bertz CT molecular complexity index is 600. The average Bonchev–Trinajstić information content (AvgIpc) is 2.41. The van der Waals surface area contributed by atoms with Gasteiger partial charge in [-0.25, -0.2) is 0 Å². The fraction of sp³-hybridized carbons (Fsp3) is 0.143. The predicted octanol–water partition coefficient (Wildman–Crippen LogP) is 3.18. The largest absolute Gasteiger partial charge is 0.456 e. The summed E-state index contributed by atoms with van der Waals surface area (Å²) in [5.41, 5.74) is 0.369. The number of aromatic nitrogens is 1. The molecule has 0 spiro atoms. The van der Waals surface area contributed by atoms with Crippen molar-refractivity contribution in [2.75, 3.05) is 14.1 Å². The molecule has 0 aliphatic rings. The zero-order chi connectivity index (χ0) is 13.8. The van der Waals surface area contributed by atoms with Gasteiger partial charge >= 0.3 is 0 Å². The maximum absolute atomic E-state index is 11.8. The molecule has 98 valence electrons. The monoisotopic (exact) mass is 368 g/mol. The van der Waals surface area contributed by atoms with Crippen molar-refractivity contribution in [3.05, 3.63) is 51.9 Å². The summed E-state index contributed by atoms with van der Waals surface area (Å²) in [5, 5.41) is 0. The first-order valence-corrected chi connectivity index (χ1v) is 6.76. The lowest BCUT2D eigenvalue weighted by Crippen LogP contribution is -2.22. The minimum absolute atomic E-state index is 0.145. The Morgan fingerprint density at radius 1 is 1.26 bits per heavy atom. The fourth-order valence-electron chi connectivity index (χ4n) is 1.48. The van der Waals surface area contributed by atoms with Crippen molar-refractivity contribution in [1.29, 1.82) is 0 Å². The summed E-state index contributed by atoms with van der Waals surface area (Å²) < 4.78 is 6.77. The van der Waals surface area contributed by atoms with Crippen molar-refractivity contribution >= 4 is 28.5 Å². The molecule has 2 rings (SSSR count). The number of hydrogen-bond acceptors (Lipinski definition) is 3. The SMILES string of the molecule is CN(C)C(=O)c1cc(Oc2ccccc2I)ccn1. The van der Waals surface area contributed by atoms with Gasteiger partial charge in [-0.2, -0.15) is 0 Å². The van der Waals surface area contributed by atoms with Crippen LogP contribution in [0.3, 0.4) is 0 Å². The topological polar surface area (TPSA) is 42.4 Å². The number of para-hydroxylation sites is 1. The maximum Gasteiger partial charge on any atom is 0.272 e. The smallest absolute Gasteiger partial charge is 0.272 e. The van der Waals surface area contributed by atoms with Crippen molar-refractivity contribution in [1.82, 2.24) is 9.88 Å². The Balaban J connectivity index is 2.25. The average molecular weight is 368 g/mol. The third-order valence-corrected chi connectivity index (χ3v) is 3.31. The number of carbonyl (C=O) groups is 1. The van der Waals surface area contributed by atoms with E-state index in [1.807, 2.05) is 24.3 Å². The van der Waals surface area contributed by atoms with Crippen LogP contribution in [-0.2, 0) is 0 Å². The highest BCUT2D eigenvalue weighted by Crippen LogP contribution is 2.26. The summed E-state index contributed by atoms with van der Waals surface area (Å²) >= 11 is 2.20. The van der Waals surface area contributed by atoms with Gasteiger partial charge < -0.3 is 9.64 Å². The molecule has 2 aromatic rings. The zero-order valence-electron chi connectivity index (χ0n) is 10.6. The predicted molar refractivity (Wildman–Crippen MR) is 81.5 cm³/mol. The van der Waals surface area contributed by atoms with Crippen molar-refractivity contribution in [2.45, 2.75) is 0 Å². The van der Waals surface area contributed by atoms with Gasteiger partial charge in [0.05, 0.1) is 3.57 Å². The molecule has 1 heterocycles. The molecule has 0 unspecified atom stereocenters. The maximum atomic E-state index is 11.8. The van der Waals surface area contributed by atoms with Crippen LogP contribution >= 0.6 is 22.6 Å². The van der Waals surface area contributed by atoms with E-state index in [1.54, 1.807) is 32.4 Å². The second kappa shape index (κ2) is 6.01. The van der Waals surface area contributed by atoms with E-state index in [-0.39, 0.29) is 5.91 Å². The van der Waals surface area contributed by atoms with Gasteiger partial charge in [0.2, 0.25) is 0 Å². The Kier molecular flexibility index (Phi) is 4.36. The van der Waals surface area contributed by atoms with E-state index >= 15 is 0 Å². The summed E-state index contributed by atoms with van der Waals surface area (Å²) in [6.07, 6.45) is 1.57. The highest BCUT2D eigenvalue weighted by Gasteiger charge is 2.11. The van der Waals surface area contributed by atoms with E-state index in [0.717, 1.165) is 9.32 Å². The van der Waals surface area contributed by atoms with E-state index in [2.05, 4.69) is 27.6 Å². The molecule has 5 heteroatoms. The number of hydrogen-bond donors (Lipinski definition) is 0. The Hall–Kier alpha value is -1.63. The molecule has 0 saturated carbocycles. The molecule has 0 atom stereocenters. The number of amides is 1. The van der Waals surface area contributed by atoms with Gasteiger partial charge in [-0.15, -0.1) is 0 Å². The second-order valence-electron chi connectivity index (χ2n) is 4.11. The molecule has 0 aliphatic heterocycles. The van der Waals surface area contributed by atoms with Crippen LogP contribution in [0.5, 0.6) is 11.5 Å². The van der Waals surface area contributed by atoms with Crippen molar-refractivity contribution in [3.63, 3.8) is 0 Å². The molecule has 19 heavy (non-hydrogen) atoms. The standard InChI is InChI=1S/C14H13IN2O2/c1-17(2)14(18)12-9-10(7-8-16-12)19-13-6-4-3-5-11(13)15/h3-9H,1-2H3. The lowest BCUT2D eigenvalue weighted by atomic mass is 10.3. The first-order valence-electron chi connectivity index (χ1n) is 5.68. The molecule has 0 radical (unpaired) electrons. The minimum atomic E-state index is -0.145. The third kappa shape index (κ3) is 3.44. The molecule has 0 saturated heterocycles. The van der Waals surface area contributed by atoms with Crippen molar-refractivity contribution in [3.8, 4) is 11.5 Å². The van der Waals surface area contributed by atoms with Gasteiger partial charge in [-0.1, -0.05) is 12.1 Å². The van der Waals surface area contributed by atoms with Crippen molar-refractivity contribution < 1.29 is 9.53 Å². The molecule has 0 aliphatic carbocycles. The number of nitrogens with zero attached hydrogens (tertiary/aromatic N) is 2. The lowest BCUT2D eigenvalue weighted by molar-refractivity contribution is 0.0821. The van der Waals surface area contributed by atoms with Crippen LogP contribution in [0.25, 0.3) is 0 Å². The van der Waals surface area contributed by atoms with Crippen LogP contribution in [0.15, 0.2) is 42.6 Å². The minimum Gasteiger partial charge on any atom is -0.456 e. The van der Waals surface area contributed by atoms with Gasteiger partial charge in [0.1, 0.15) is 17.2 Å². The third-order valence-electron chi connectivity index (χ3n) is 2.42. The second-order valence-corrected chi connectivity index (χ2v) is 5.27. The van der Waals surface area contributed by atoms with E-state index < -0.39 is 0 Å². The normalized spacial score (nSPS) is 10.1. The van der Waals surface area contributed by atoms with Crippen LogP contribution in [0.2, 0.25) is 0 Å². The summed E-state index contributed by atoms with van der Waals surface area (Å²) in [6.45, 7) is 0. The number of benzene rings is 1. The Morgan fingerprint density at radius 2 is 2.00 bits per heavy atom.